The maximum Gasteiger partial charge on any atom is 0.231 e. The molecule has 70 valence electrons. The molecule has 1 heterocycles. The Morgan fingerprint density at radius 2 is 1.85 bits per heavy atom. The van der Waals surface area contributed by atoms with Gasteiger partial charge in [0.2, 0.25) is 6.79 Å². The van der Waals surface area contributed by atoms with Gasteiger partial charge < -0.3 is 19.5 Å². The normalized spacial score (nSPS) is 13.1. The summed E-state index contributed by atoms with van der Waals surface area (Å²) in [6.45, 7) is 0.228. The minimum atomic E-state index is 0.203. The summed E-state index contributed by atoms with van der Waals surface area (Å²) < 4.78 is 10.3. The van der Waals surface area contributed by atoms with Crippen LogP contribution in [0.2, 0.25) is 0 Å². The highest BCUT2D eigenvalue weighted by Gasteiger charge is 2.17. The first-order valence-electron chi connectivity index (χ1n) is 3.98. The first kappa shape index (κ1) is 8.04. The second-order valence-corrected chi connectivity index (χ2v) is 3.09. The van der Waals surface area contributed by atoms with Crippen LogP contribution in [-0.4, -0.2) is 26.0 Å². The second kappa shape index (κ2) is 2.73. The van der Waals surface area contributed by atoms with Crippen molar-refractivity contribution in [3.05, 3.63) is 12.1 Å². The van der Waals surface area contributed by atoms with Crippen LogP contribution in [0.25, 0.3) is 0 Å². The number of nitrogens with zero attached hydrogens (tertiary/aromatic N) is 1. The predicted octanol–water partition coefficient (Wildman–Crippen LogP) is 1.19. The summed E-state index contributed by atoms with van der Waals surface area (Å²) in [7, 11) is 3.72. The Morgan fingerprint density at radius 3 is 2.46 bits per heavy atom. The summed E-state index contributed by atoms with van der Waals surface area (Å²) in [4.78, 5) is 1.82. The molecule has 0 fully saturated rings. The SMILES string of the molecule is CN(C)c1cc2c(cc1O)OCO2. The molecule has 4 nitrogen and oxygen atoms in total. The predicted molar refractivity (Wildman–Crippen MR) is 48.6 cm³/mol. The minimum absolute atomic E-state index is 0.203. The van der Waals surface area contributed by atoms with Crippen LogP contribution in [0.15, 0.2) is 12.1 Å². The van der Waals surface area contributed by atoms with Crippen LogP contribution in [0.5, 0.6) is 17.2 Å². The van der Waals surface area contributed by atoms with E-state index in [2.05, 4.69) is 0 Å². The first-order chi connectivity index (χ1) is 6.18. The molecule has 0 saturated carbocycles. The highest BCUT2D eigenvalue weighted by molar-refractivity contribution is 5.65. The Bertz CT molecular complexity index is 336. The van der Waals surface area contributed by atoms with Crippen LogP contribution >= 0.6 is 0 Å². The van der Waals surface area contributed by atoms with Gasteiger partial charge >= 0.3 is 0 Å². The summed E-state index contributed by atoms with van der Waals surface area (Å²) in [5, 5.41) is 9.57. The largest absolute Gasteiger partial charge is 0.506 e. The monoisotopic (exact) mass is 181 g/mol. The van der Waals surface area contributed by atoms with Gasteiger partial charge in [-0.25, -0.2) is 0 Å². The highest BCUT2D eigenvalue weighted by atomic mass is 16.7. The molecule has 0 radical (unpaired) electrons. The Balaban J connectivity index is 2.49. The van der Waals surface area contributed by atoms with Gasteiger partial charge in [0.05, 0.1) is 5.69 Å². The van der Waals surface area contributed by atoms with Crippen molar-refractivity contribution in [2.75, 3.05) is 25.8 Å². The molecule has 1 aromatic rings. The lowest BCUT2D eigenvalue weighted by Crippen LogP contribution is -2.08. The number of rotatable bonds is 1. The Morgan fingerprint density at radius 1 is 1.23 bits per heavy atom. The number of aromatic hydroxyl groups is 1. The van der Waals surface area contributed by atoms with Crippen molar-refractivity contribution in [3.8, 4) is 17.2 Å². The molecule has 0 amide bonds. The number of hydrogen-bond donors (Lipinski definition) is 1. The van der Waals surface area contributed by atoms with Gasteiger partial charge in [0.1, 0.15) is 5.75 Å². The van der Waals surface area contributed by atoms with Gasteiger partial charge in [0, 0.05) is 26.2 Å². The molecule has 2 rings (SSSR count). The molecule has 1 aliphatic heterocycles. The van der Waals surface area contributed by atoms with Crippen molar-refractivity contribution in [1.82, 2.24) is 0 Å². The Kier molecular flexibility index (Phi) is 1.69. The summed E-state index contributed by atoms with van der Waals surface area (Å²) in [6, 6.07) is 3.33. The molecule has 0 unspecified atom stereocenters. The topological polar surface area (TPSA) is 41.9 Å². The summed E-state index contributed by atoms with van der Waals surface area (Å²) in [6.07, 6.45) is 0. The van der Waals surface area contributed by atoms with E-state index < -0.39 is 0 Å². The third kappa shape index (κ3) is 1.24. The van der Waals surface area contributed by atoms with Crippen molar-refractivity contribution < 1.29 is 14.6 Å². The quantitative estimate of drug-likeness (QED) is 0.706. The molecule has 0 aromatic heterocycles. The number of hydrogen-bond acceptors (Lipinski definition) is 4. The lowest BCUT2D eigenvalue weighted by Gasteiger charge is -2.14. The molecule has 4 heteroatoms. The van der Waals surface area contributed by atoms with Crippen LogP contribution in [-0.2, 0) is 0 Å². The third-order valence-corrected chi connectivity index (χ3v) is 1.95. The maximum absolute atomic E-state index is 9.57. The average molecular weight is 181 g/mol. The third-order valence-electron chi connectivity index (χ3n) is 1.95. The van der Waals surface area contributed by atoms with E-state index in [-0.39, 0.29) is 12.5 Å². The minimum Gasteiger partial charge on any atom is -0.506 e. The maximum atomic E-state index is 9.57. The van der Waals surface area contributed by atoms with Gasteiger partial charge in [0.25, 0.3) is 0 Å². The van der Waals surface area contributed by atoms with Gasteiger partial charge in [-0.3, -0.25) is 0 Å². The van der Waals surface area contributed by atoms with E-state index in [0.29, 0.717) is 11.5 Å². The van der Waals surface area contributed by atoms with Crippen molar-refractivity contribution in [2.45, 2.75) is 0 Å². The van der Waals surface area contributed by atoms with E-state index in [1.807, 2.05) is 19.0 Å². The lowest BCUT2D eigenvalue weighted by atomic mass is 10.2. The fraction of sp³-hybridized carbons (Fsp3) is 0.333. The summed E-state index contributed by atoms with van der Waals surface area (Å²) in [5.41, 5.74) is 0.726. The van der Waals surface area contributed by atoms with Gasteiger partial charge in [-0.05, 0) is 0 Å². The fourth-order valence-electron chi connectivity index (χ4n) is 1.28. The van der Waals surface area contributed by atoms with Gasteiger partial charge in [-0.15, -0.1) is 0 Å². The van der Waals surface area contributed by atoms with Gasteiger partial charge in [0.15, 0.2) is 11.5 Å². The smallest absolute Gasteiger partial charge is 0.231 e. The van der Waals surface area contributed by atoms with Crippen LogP contribution in [0.4, 0.5) is 5.69 Å². The first-order valence-corrected chi connectivity index (χ1v) is 3.98. The Hall–Kier alpha value is -1.58. The van der Waals surface area contributed by atoms with Crippen LogP contribution in [0.1, 0.15) is 0 Å². The number of benzene rings is 1. The molecule has 13 heavy (non-hydrogen) atoms. The van der Waals surface area contributed by atoms with Gasteiger partial charge in [-0.2, -0.15) is 0 Å². The van der Waals surface area contributed by atoms with E-state index in [1.54, 1.807) is 12.1 Å². The molecule has 0 bridgehead atoms. The van der Waals surface area contributed by atoms with E-state index in [1.165, 1.54) is 0 Å². The molecule has 1 aliphatic rings. The van der Waals surface area contributed by atoms with Crippen molar-refractivity contribution in [2.24, 2.45) is 0 Å². The van der Waals surface area contributed by atoms with Crippen LogP contribution in [0.3, 0.4) is 0 Å². The average Bonchev–Trinajstić information content (AvgIpc) is 2.48. The molecular weight excluding hydrogens is 170 g/mol. The second-order valence-electron chi connectivity index (χ2n) is 3.09. The zero-order chi connectivity index (χ0) is 9.42. The molecule has 0 saturated heterocycles. The molecule has 1 aromatic carbocycles. The van der Waals surface area contributed by atoms with Crippen molar-refractivity contribution in [1.29, 1.82) is 0 Å². The number of phenolic OH excluding ortho intramolecular Hbond substituents is 1. The van der Waals surface area contributed by atoms with Crippen molar-refractivity contribution >= 4 is 5.69 Å². The standard InChI is InChI=1S/C9H11NO3/c1-10(2)6-3-8-9(4-7(6)11)13-5-12-8/h3-4,11H,5H2,1-2H3. The van der Waals surface area contributed by atoms with Crippen LogP contribution < -0.4 is 14.4 Å². The van der Waals surface area contributed by atoms with Crippen molar-refractivity contribution in [3.63, 3.8) is 0 Å². The highest BCUT2D eigenvalue weighted by Crippen LogP contribution is 2.40. The van der Waals surface area contributed by atoms with E-state index in [4.69, 9.17) is 9.47 Å². The molecular formula is C9H11NO3. The number of phenols is 1. The summed E-state index contributed by atoms with van der Waals surface area (Å²) >= 11 is 0. The zero-order valence-corrected chi connectivity index (χ0v) is 7.57. The molecule has 0 aliphatic carbocycles. The fourth-order valence-corrected chi connectivity index (χ4v) is 1.28. The summed E-state index contributed by atoms with van der Waals surface area (Å²) in [5.74, 6) is 1.49. The molecule has 0 spiro atoms. The molecule has 1 N–H and O–H groups in total. The van der Waals surface area contributed by atoms with Crippen LogP contribution in [0, 0.1) is 0 Å². The zero-order valence-electron chi connectivity index (χ0n) is 7.57. The molecule has 0 atom stereocenters. The Labute approximate surface area is 76.3 Å². The van der Waals surface area contributed by atoms with E-state index in [9.17, 15) is 5.11 Å². The number of anilines is 1. The van der Waals surface area contributed by atoms with E-state index in [0.717, 1.165) is 5.69 Å². The van der Waals surface area contributed by atoms with E-state index >= 15 is 0 Å². The number of ether oxygens (including phenoxy) is 2. The van der Waals surface area contributed by atoms with Gasteiger partial charge in [-0.1, -0.05) is 0 Å². The number of fused-ring (bicyclic) bond motifs is 1. The lowest BCUT2D eigenvalue weighted by molar-refractivity contribution is 0.174.